The van der Waals surface area contributed by atoms with Crippen LogP contribution in [0.15, 0.2) is 0 Å². The lowest BCUT2D eigenvalue weighted by Gasteiger charge is -2.28. The summed E-state index contributed by atoms with van der Waals surface area (Å²) in [4.78, 5) is 24.8. The number of carbonyl (C=O) groups excluding carboxylic acids is 2. The summed E-state index contributed by atoms with van der Waals surface area (Å²) in [7, 11) is 3.02. The van der Waals surface area contributed by atoms with Crippen molar-refractivity contribution >= 4 is 24.3 Å². The Bertz CT molecular complexity index is 282. The molecule has 1 rings (SSSR count). The van der Waals surface area contributed by atoms with E-state index >= 15 is 0 Å². The molecule has 1 aliphatic heterocycles. The monoisotopic (exact) mass is 280 g/mol. The fourth-order valence-corrected chi connectivity index (χ4v) is 1.77. The molecule has 18 heavy (non-hydrogen) atoms. The van der Waals surface area contributed by atoms with Crippen molar-refractivity contribution in [1.82, 2.24) is 10.2 Å². The van der Waals surface area contributed by atoms with Gasteiger partial charge in [0, 0.05) is 20.1 Å². The molecule has 6 nitrogen and oxygen atoms in total. The molecule has 7 heteroatoms. The minimum absolute atomic E-state index is 0. The van der Waals surface area contributed by atoms with Crippen LogP contribution in [0.25, 0.3) is 0 Å². The molecular formula is C11H21ClN2O4. The van der Waals surface area contributed by atoms with E-state index in [1.165, 1.54) is 12.0 Å². The van der Waals surface area contributed by atoms with E-state index in [0.717, 1.165) is 0 Å². The van der Waals surface area contributed by atoms with Crippen LogP contribution in [-0.2, 0) is 19.1 Å². The number of hydrogen-bond acceptors (Lipinski definition) is 5. The number of likely N-dealkylation sites (N-methyl/N-ethyl adjacent to an activating group) is 1. The summed E-state index contributed by atoms with van der Waals surface area (Å²) in [6, 6.07) is -0.307. The minimum atomic E-state index is -0.321. The first-order valence-electron chi connectivity index (χ1n) is 5.70. The second kappa shape index (κ2) is 8.29. The van der Waals surface area contributed by atoms with E-state index in [1.807, 2.05) is 0 Å². The summed E-state index contributed by atoms with van der Waals surface area (Å²) in [6.07, 6.45) is 0. The molecule has 0 bridgehead atoms. The summed E-state index contributed by atoms with van der Waals surface area (Å²) in [5.74, 6) is -0.684. The van der Waals surface area contributed by atoms with Crippen LogP contribution in [0.2, 0.25) is 0 Å². The Morgan fingerprint density at radius 3 is 2.72 bits per heavy atom. The van der Waals surface area contributed by atoms with Crippen LogP contribution in [0.3, 0.4) is 0 Å². The van der Waals surface area contributed by atoms with Gasteiger partial charge in [0.25, 0.3) is 0 Å². The van der Waals surface area contributed by atoms with Crippen molar-refractivity contribution in [3.63, 3.8) is 0 Å². The van der Waals surface area contributed by atoms with Gasteiger partial charge in [-0.3, -0.25) is 9.59 Å². The van der Waals surface area contributed by atoms with Crippen molar-refractivity contribution in [1.29, 1.82) is 0 Å². The first-order valence-corrected chi connectivity index (χ1v) is 5.70. The molecular weight excluding hydrogens is 260 g/mol. The predicted octanol–water partition coefficient (Wildman–Crippen LogP) is -0.336. The second-order valence-corrected chi connectivity index (χ2v) is 4.22. The van der Waals surface area contributed by atoms with Gasteiger partial charge in [-0.2, -0.15) is 0 Å². The molecule has 2 atom stereocenters. The van der Waals surface area contributed by atoms with Crippen molar-refractivity contribution in [2.45, 2.75) is 13.0 Å². The Kier molecular flexibility index (Phi) is 7.90. The van der Waals surface area contributed by atoms with Gasteiger partial charge >= 0.3 is 5.97 Å². The highest BCUT2D eigenvalue weighted by Crippen LogP contribution is 2.04. The highest BCUT2D eigenvalue weighted by Gasteiger charge is 2.26. The van der Waals surface area contributed by atoms with Gasteiger partial charge < -0.3 is 19.7 Å². The molecule has 2 unspecified atom stereocenters. The Labute approximate surface area is 113 Å². The first kappa shape index (κ1) is 17.2. The average Bonchev–Trinajstić information content (AvgIpc) is 2.37. The zero-order chi connectivity index (χ0) is 12.8. The molecule has 0 spiro atoms. The lowest BCUT2D eigenvalue weighted by Crippen LogP contribution is -2.52. The number of nitrogens with one attached hydrogen (secondary N) is 1. The lowest BCUT2D eigenvalue weighted by atomic mass is 10.1. The quantitative estimate of drug-likeness (QED) is 0.714. The number of ether oxygens (including phenoxy) is 2. The molecule has 0 aromatic rings. The van der Waals surface area contributed by atoms with Crippen molar-refractivity contribution in [2.24, 2.45) is 5.92 Å². The zero-order valence-corrected chi connectivity index (χ0v) is 11.8. The van der Waals surface area contributed by atoms with Crippen molar-refractivity contribution < 1.29 is 19.1 Å². The third kappa shape index (κ3) is 4.80. The number of esters is 1. The zero-order valence-electron chi connectivity index (χ0n) is 11.0. The van der Waals surface area contributed by atoms with Crippen LogP contribution < -0.4 is 5.32 Å². The second-order valence-electron chi connectivity index (χ2n) is 4.22. The van der Waals surface area contributed by atoms with Crippen LogP contribution in [0.1, 0.15) is 6.92 Å². The maximum atomic E-state index is 12.0. The van der Waals surface area contributed by atoms with Crippen LogP contribution in [0.4, 0.5) is 0 Å². The van der Waals surface area contributed by atoms with Gasteiger partial charge in [-0.1, -0.05) is 6.92 Å². The van der Waals surface area contributed by atoms with Crippen LogP contribution in [-0.4, -0.2) is 63.3 Å². The molecule has 0 saturated carbocycles. The molecule has 0 aromatic carbocycles. The third-order valence-corrected chi connectivity index (χ3v) is 2.75. The molecule has 0 radical (unpaired) electrons. The van der Waals surface area contributed by atoms with Crippen molar-refractivity contribution in [3.05, 3.63) is 0 Å². The topological polar surface area (TPSA) is 67.9 Å². The van der Waals surface area contributed by atoms with E-state index in [1.54, 1.807) is 14.0 Å². The fourth-order valence-electron chi connectivity index (χ4n) is 1.77. The first-order chi connectivity index (χ1) is 8.06. The molecule has 0 aromatic heterocycles. The number of carbonyl (C=O) groups is 2. The van der Waals surface area contributed by atoms with Crippen molar-refractivity contribution in [2.75, 3.05) is 40.5 Å². The van der Waals surface area contributed by atoms with E-state index in [-0.39, 0.29) is 36.2 Å². The average molecular weight is 281 g/mol. The maximum absolute atomic E-state index is 12.0. The Hall–Kier alpha value is -0.850. The standard InChI is InChI=1S/C11H20N2O4.ClH/c1-8(11(15)16-3)6-13(2)10(14)9-7-17-5-4-12-9;/h8-9,12H,4-7H2,1-3H3;1H. The van der Waals surface area contributed by atoms with Gasteiger partial charge in [0.2, 0.25) is 5.91 Å². The predicted molar refractivity (Wildman–Crippen MR) is 68.7 cm³/mol. The SMILES string of the molecule is COC(=O)C(C)CN(C)C(=O)C1COCCN1.Cl. The number of morpholine rings is 1. The highest BCUT2D eigenvalue weighted by molar-refractivity contribution is 5.85. The Morgan fingerprint density at radius 1 is 1.56 bits per heavy atom. The van der Waals surface area contributed by atoms with Crippen LogP contribution in [0, 0.1) is 5.92 Å². The summed E-state index contributed by atoms with van der Waals surface area (Å²) in [6.45, 7) is 3.78. The molecule has 106 valence electrons. The molecule has 0 aliphatic carbocycles. The fraction of sp³-hybridized carbons (Fsp3) is 0.818. The number of rotatable bonds is 4. The minimum Gasteiger partial charge on any atom is -0.469 e. The summed E-state index contributed by atoms with van der Waals surface area (Å²) < 4.78 is 9.85. The lowest BCUT2D eigenvalue weighted by molar-refractivity contribution is -0.146. The molecule has 1 N–H and O–H groups in total. The van der Waals surface area contributed by atoms with E-state index in [9.17, 15) is 9.59 Å². The van der Waals surface area contributed by atoms with Gasteiger partial charge in [0.1, 0.15) is 6.04 Å². The number of nitrogens with zero attached hydrogens (tertiary/aromatic N) is 1. The van der Waals surface area contributed by atoms with E-state index in [2.05, 4.69) is 10.1 Å². The maximum Gasteiger partial charge on any atom is 0.310 e. The van der Waals surface area contributed by atoms with Gasteiger partial charge in [0.05, 0.1) is 26.2 Å². The van der Waals surface area contributed by atoms with Gasteiger partial charge in [0.15, 0.2) is 0 Å². The molecule has 1 amide bonds. The Morgan fingerprint density at radius 2 is 2.22 bits per heavy atom. The summed E-state index contributed by atoms with van der Waals surface area (Å²) >= 11 is 0. The largest absolute Gasteiger partial charge is 0.469 e. The van der Waals surface area contributed by atoms with E-state index < -0.39 is 0 Å². The highest BCUT2D eigenvalue weighted by atomic mass is 35.5. The molecule has 1 saturated heterocycles. The van der Waals surface area contributed by atoms with Gasteiger partial charge in [-0.15, -0.1) is 12.4 Å². The van der Waals surface area contributed by atoms with Crippen LogP contribution in [0.5, 0.6) is 0 Å². The molecule has 1 aliphatic rings. The van der Waals surface area contributed by atoms with Crippen molar-refractivity contribution in [3.8, 4) is 0 Å². The van der Waals surface area contributed by atoms with Gasteiger partial charge in [-0.25, -0.2) is 0 Å². The molecule has 1 heterocycles. The number of halogens is 1. The smallest absolute Gasteiger partial charge is 0.310 e. The summed E-state index contributed by atoms with van der Waals surface area (Å²) in [5.41, 5.74) is 0. The Balaban J connectivity index is 0.00000289. The van der Waals surface area contributed by atoms with E-state index in [0.29, 0.717) is 26.3 Å². The number of methoxy groups -OCH3 is 1. The van der Waals surface area contributed by atoms with Gasteiger partial charge in [-0.05, 0) is 0 Å². The summed E-state index contributed by atoms with van der Waals surface area (Å²) in [5, 5.41) is 3.08. The third-order valence-electron chi connectivity index (χ3n) is 2.75. The normalized spacial score (nSPS) is 20.5. The number of hydrogen-bond donors (Lipinski definition) is 1. The molecule has 1 fully saturated rings. The van der Waals surface area contributed by atoms with Crippen LogP contribution >= 0.6 is 12.4 Å². The van der Waals surface area contributed by atoms with E-state index in [4.69, 9.17) is 4.74 Å². The number of amides is 1.